The van der Waals surface area contributed by atoms with Crippen molar-refractivity contribution in [1.82, 2.24) is 19.4 Å². The molecule has 30 heavy (non-hydrogen) atoms. The monoisotopic (exact) mass is 422 g/mol. The zero-order valence-electron chi connectivity index (χ0n) is 16.5. The van der Waals surface area contributed by atoms with Gasteiger partial charge in [-0.1, -0.05) is 23.9 Å². The molecule has 1 amide bonds. The van der Waals surface area contributed by atoms with E-state index >= 15 is 0 Å². The van der Waals surface area contributed by atoms with Crippen LogP contribution >= 0.6 is 11.8 Å². The summed E-state index contributed by atoms with van der Waals surface area (Å²) in [5.41, 5.74) is 1.95. The van der Waals surface area contributed by atoms with Gasteiger partial charge in [-0.2, -0.15) is 0 Å². The molecule has 3 heterocycles. The number of carbonyl (C=O) groups excluding carboxylic acids is 1. The highest BCUT2D eigenvalue weighted by molar-refractivity contribution is 7.98. The van der Waals surface area contributed by atoms with E-state index in [1.165, 1.54) is 11.8 Å². The second kappa shape index (κ2) is 9.23. The molecule has 0 N–H and O–H groups in total. The first-order valence-corrected chi connectivity index (χ1v) is 10.7. The van der Waals surface area contributed by atoms with E-state index in [-0.39, 0.29) is 11.5 Å². The lowest BCUT2D eigenvalue weighted by Crippen LogP contribution is -2.40. The predicted octanol–water partition coefficient (Wildman–Crippen LogP) is 2.74. The van der Waals surface area contributed by atoms with Crippen LogP contribution in [-0.2, 0) is 17.0 Å². The van der Waals surface area contributed by atoms with Crippen molar-refractivity contribution in [3.63, 3.8) is 0 Å². The molecular weight excluding hydrogens is 400 g/mol. The number of hydrogen-bond donors (Lipinski definition) is 0. The molecule has 0 aliphatic carbocycles. The van der Waals surface area contributed by atoms with Gasteiger partial charge in [0.2, 0.25) is 0 Å². The minimum Gasteiger partial charge on any atom is -0.378 e. The smallest absolute Gasteiger partial charge is 0.262 e. The lowest BCUT2D eigenvalue weighted by atomic mass is 10.1. The Kier molecular flexibility index (Phi) is 6.25. The van der Waals surface area contributed by atoms with E-state index in [1.807, 2.05) is 12.1 Å². The molecule has 1 aliphatic heterocycles. The third-order valence-corrected chi connectivity index (χ3v) is 5.92. The van der Waals surface area contributed by atoms with E-state index in [4.69, 9.17) is 9.72 Å². The summed E-state index contributed by atoms with van der Waals surface area (Å²) in [7, 11) is 0. The molecule has 7 nitrogen and oxygen atoms in total. The van der Waals surface area contributed by atoms with Crippen molar-refractivity contribution in [3.05, 3.63) is 76.9 Å². The Balaban J connectivity index is 1.70. The average Bonchev–Trinajstić information content (AvgIpc) is 2.80. The van der Waals surface area contributed by atoms with Crippen LogP contribution in [0.25, 0.3) is 10.9 Å². The molecule has 8 heteroatoms. The number of pyridine rings is 1. The van der Waals surface area contributed by atoms with Crippen molar-refractivity contribution in [2.75, 3.05) is 26.3 Å². The van der Waals surface area contributed by atoms with Crippen LogP contribution in [0.15, 0.2) is 65.3 Å². The molecule has 3 aromatic rings. The predicted molar refractivity (Wildman–Crippen MR) is 117 cm³/mol. The number of carbonyl (C=O) groups is 1. The first-order valence-electron chi connectivity index (χ1n) is 9.71. The summed E-state index contributed by atoms with van der Waals surface area (Å²) < 4.78 is 6.93. The number of hydrogen-bond acceptors (Lipinski definition) is 6. The van der Waals surface area contributed by atoms with Gasteiger partial charge < -0.3 is 9.64 Å². The van der Waals surface area contributed by atoms with Gasteiger partial charge in [0.15, 0.2) is 5.16 Å². The zero-order valence-corrected chi connectivity index (χ0v) is 17.3. The molecule has 0 spiro atoms. The second-order valence-electron chi connectivity index (χ2n) is 6.89. The summed E-state index contributed by atoms with van der Waals surface area (Å²) in [4.78, 5) is 36.5. The van der Waals surface area contributed by atoms with Crippen LogP contribution in [0.3, 0.4) is 0 Å². The number of ether oxygens (including phenoxy) is 1. The molecule has 0 bridgehead atoms. The van der Waals surface area contributed by atoms with Gasteiger partial charge in [0, 0.05) is 43.3 Å². The van der Waals surface area contributed by atoms with Crippen molar-refractivity contribution in [2.24, 2.45) is 0 Å². The number of thioether (sulfide) groups is 1. The third kappa shape index (κ3) is 4.29. The van der Waals surface area contributed by atoms with Crippen molar-refractivity contribution in [3.8, 4) is 0 Å². The van der Waals surface area contributed by atoms with Gasteiger partial charge in [0.05, 0.1) is 24.1 Å². The molecule has 0 saturated carbocycles. The molecule has 1 saturated heterocycles. The maximum absolute atomic E-state index is 13.1. The van der Waals surface area contributed by atoms with Crippen molar-refractivity contribution in [1.29, 1.82) is 0 Å². The highest BCUT2D eigenvalue weighted by atomic mass is 32.2. The highest BCUT2D eigenvalue weighted by Crippen LogP contribution is 2.23. The third-order valence-electron chi connectivity index (χ3n) is 4.87. The Labute approximate surface area is 178 Å². The number of benzene rings is 1. The highest BCUT2D eigenvalue weighted by Gasteiger charge is 2.20. The Morgan fingerprint density at radius 2 is 2.10 bits per heavy atom. The van der Waals surface area contributed by atoms with Crippen molar-refractivity contribution < 1.29 is 9.53 Å². The largest absolute Gasteiger partial charge is 0.378 e. The van der Waals surface area contributed by atoms with Crippen LogP contribution in [0.2, 0.25) is 0 Å². The molecule has 4 rings (SSSR count). The summed E-state index contributed by atoms with van der Waals surface area (Å²) in [6.45, 7) is 6.34. The molecule has 1 fully saturated rings. The fourth-order valence-corrected chi connectivity index (χ4v) is 4.26. The minimum absolute atomic E-state index is 0.0677. The Morgan fingerprint density at radius 1 is 1.27 bits per heavy atom. The van der Waals surface area contributed by atoms with E-state index in [0.29, 0.717) is 60.2 Å². The quantitative estimate of drug-likeness (QED) is 0.345. The number of fused-ring (bicyclic) bond motifs is 1. The number of amides is 1. The van der Waals surface area contributed by atoms with Gasteiger partial charge in [0.25, 0.3) is 11.5 Å². The Morgan fingerprint density at radius 3 is 2.83 bits per heavy atom. The number of allylic oxidation sites excluding steroid dienone is 1. The molecule has 0 radical (unpaired) electrons. The SMILES string of the molecule is C=CCn1c(SCc2cccnc2)nc2cc(C(=O)N3CCOCC3)ccc2c1=O. The fourth-order valence-electron chi connectivity index (χ4n) is 3.31. The van der Waals surface area contributed by atoms with Gasteiger partial charge in [-0.25, -0.2) is 4.98 Å². The van der Waals surface area contributed by atoms with Crippen LogP contribution in [0.1, 0.15) is 15.9 Å². The molecule has 2 aromatic heterocycles. The summed E-state index contributed by atoms with van der Waals surface area (Å²) in [5, 5.41) is 1.08. The molecule has 1 aromatic carbocycles. The van der Waals surface area contributed by atoms with Crippen LogP contribution in [-0.4, -0.2) is 51.6 Å². The molecule has 0 unspecified atom stereocenters. The van der Waals surface area contributed by atoms with Gasteiger partial charge in [-0.3, -0.25) is 19.1 Å². The van der Waals surface area contributed by atoms with Crippen LogP contribution in [0.4, 0.5) is 0 Å². The van der Waals surface area contributed by atoms with E-state index < -0.39 is 0 Å². The molecule has 154 valence electrons. The number of rotatable bonds is 6. The number of nitrogens with zero attached hydrogens (tertiary/aromatic N) is 4. The maximum atomic E-state index is 13.1. The Hall–Kier alpha value is -2.97. The summed E-state index contributed by atoms with van der Waals surface area (Å²) >= 11 is 1.46. The second-order valence-corrected chi connectivity index (χ2v) is 7.83. The van der Waals surface area contributed by atoms with Gasteiger partial charge in [0.1, 0.15) is 0 Å². The van der Waals surface area contributed by atoms with Gasteiger partial charge in [-0.05, 0) is 29.8 Å². The first-order chi connectivity index (χ1) is 14.7. The lowest BCUT2D eigenvalue weighted by molar-refractivity contribution is 0.0303. The van der Waals surface area contributed by atoms with Crippen LogP contribution in [0.5, 0.6) is 0 Å². The normalized spacial score (nSPS) is 14.1. The van der Waals surface area contributed by atoms with Gasteiger partial charge in [-0.15, -0.1) is 6.58 Å². The standard InChI is InChI=1S/C22H22N4O3S/c1-2-8-26-21(28)18-6-5-17(20(27)25-9-11-29-12-10-25)13-19(18)24-22(26)30-15-16-4-3-7-23-14-16/h2-7,13-14H,1,8-12,15H2. The maximum Gasteiger partial charge on any atom is 0.262 e. The van der Waals surface area contributed by atoms with E-state index in [1.54, 1.807) is 46.1 Å². The van der Waals surface area contributed by atoms with E-state index in [9.17, 15) is 9.59 Å². The van der Waals surface area contributed by atoms with Crippen molar-refractivity contribution in [2.45, 2.75) is 17.5 Å². The minimum atomic E-state index is -0.140. The molecule has 0 atom stereocenters. The fraction of sp³-hybridized carbons (Fsp3) is 0.273. The number of morpholine rings is 1. The summed E-state index contributed by atoms with van der Waals surface area (Å²) in [6.07, 6.45) is 5.20. The summed E-state index contributed by atoms with van der Waals surface area (Å²) in [5.74, 6) is 0.567. The van der Waals surface area contributed by atoms with Crippen molar-refractivity contribution >= 4 is 28.6 Å². The lowest BCUT2D eigenvalue weighted by Gasteiger charge is -2.26. The van der Waals surface area contributed by atoms with Crippen LogP contribution in [0, 0.1) is 0 Å². The number of aromatic nitrogens is 3. The average molecular weight is 423 g/mol. The Bertz CT molecular complexity index is 1120. The molecule has 1 aliphatic rings. The van der Waals surface area contributed by atoms with E-state index in [2.05, 4.69) is 11.6 Å². The summed E-state index contributed by atoms with van der Waals surface area (Å²) in [6, 6.07) is 8.96. The zero-order chi connectivity index (χ0) is 20.9. The first kappa shape index (κ1) is 20.3. The van der Waals surface area contributed by atoms with Crippen LogP contribution < -0.4 is 5.56 Å². The molecular formula is C22H22N4O3S. The topological polar surface area (TPSA) is 77.3 Å². The van der Waals surface area contributed by atoms with E-state index in [0.717, 1.165) is 5.56 Å². The van der Waals surface area contributed by atoms with Gasteiger partial charge >= 0.3 is 0 Å².